The Morgan fingerprint density at radius 1 is 1.27 bits per heavy atom. The summed E-state index contributed by atoms with van der Waals surface area (Å²) in [4.78, 5) is 41.3. The van der Waals surface area contributed by atoms with Crippen LogP contribution in [0.15, 0.2) is 16.1 Å². The van der Waals surface area contributed by atoms with E-state index in [-0.39, 0.29) is 35.0 Å². The summed E-state index contributed by atoms with van der Waals surface area (Å²) in [6.45, 7) is 14.7. The predicted octanol–water partition coefficient (Wildman–Crippen LogP) is 6.06. The molecule has 11 nitrogen and oxygen atoms in total. The Balaban J connectivity index is 1.74. The highest BCUT2D eigenvalue weighted by Gasteiger charge is 2.43. The summed E-state index contributed by atoms with van der Waals surface area (Å²) in [5, 5.41) is -0.0120. The molecule has 1 unspecified atom stereocenters. The number of carbonyl (C=O) groups is 1. The van der Waals surface area contributed by atoms with Crippen molar-refractivity contribution in [2.24, 2.45) is 4.99 Å². The van der Waals surface area contributed by atoms with Gasteiger partial charge < -0.3 is 18.8 Å². The van der Waals surface area contributed by atoms with Gasteiger partial charge >= 0.3 is 6.18 Å². The summed E-state index contributed by atoms with van der Waals surface area (Å²) in [5.41, 5.74) is 0.0692. The van der Waals surface area contributed by atoms with Crippen molar-refractivity contribution in [3.05, 3.63) is 16.7 Å². The molecule has 3 atom stereocenters. The highest BCUT2D eigenvalue weighted by atomic mass is 33.1. The minimum absolute atomic E-state index is 0.0120. The number of aromatic amines is 1. The van der Waals surface area contributed by atoms with Gasteiger partial charge in [-0.05, 0) is 38.4 Å². The van der Waals surface area contributed by atoms with Crippen molar-refractivity contribution in [1.29, 1.82) is 0 Å². The number of rotatable bonds is 14. The fourth-order valence-electron chi connectivity index (χ4n) is 3.96. The first kappa shape index (κ1) is 36.5. The first-order valence-corrected chi connectivity index (χ1v) is 19.4. The van der Waals surface area contributed by atoms with Crippen LogP contribution in [-0.2, 0) is 18.7 Å². The normalized spacial score (nSPS) is 20.2. The van der Waals surface area contributed by atoms with E-state index in [2.05, 4.69) is 53.8 Å². The van der Waals surface area contributed by atoms with Crippen molar-refractivity contribution in [3.8, 4) is 0 Å². The van der Waals surface area contributed by atoms with Gasteiger partial charge in [-0.2, -0.15) is 18.2 Å². The number of fused-ring (bicyclic) bond motifs is 1. The molecule has 3 rings (SSSR count). The maximum Gasteiger partial charge on any atom is 0.449 e. The van der Waals surface area contributed by atoms with E-state index >= 15 is 0 Å². The highest BCUT2D eigenvalue weighted by Crippen LogP contribution is 2.42. The van der Waals surface area contributed by atoms with Gasteiger partial charge in [-0.15, -0.1) is 0 Å². The zero-order valence-corrected chi connectivity index (χ0v) is 29.3. The standard InChI is InChI=1S/C27H43F3N6O5S2Si/c1-25(2,3)44(8,9)40-13-18-17(39-16-42-43-26(4,5)11-10-19(37)27(28,29)30)12-20(41-18)36-15-31-21-22(36)33-24(34-23(21)38)32-14-35(6)7/h14-15,17-18,20H,10-13,16H2,1-9H3,(H,33,34,38)/t17?,18-,20-/m1/s1. The molecule has 17 heteroatoms. The molecule has 248 valence electrons. The molecule has 44 heavy (non-hydrogen) atoms. The number of nitrogens with zero attached hydrogens (tertiary/aromatic N) is 5. The Morgan fingerprint density at radius 2 is 1.95 bits per heavy atom. The van der Waals surface area contributed by atoms with Crippen molar-refractivity contribution >= 4 is 59.1 Å². The first-order chi connectivity index (χ1) is 20.2. The van der Waals surface area contributed by atoms with E-state index in [9.17, 15) is 22.8 Å². The number of nitrogens with one attached hydrogen (secondary N) is 1. The van der Waals surface area contributed by atoms with Gasteiger partial charge in [0.15, 0.2) is 19.5 Å². The van der Waals surface area contributed by atoms with Crippen molar-refractivity contribution in [3.63, 3.8) is 0 Å². The maximum atomic E-state index is 12.7. The number of aromatic nitrogens is 4. The number of alkyl halides is 3. The van der Waals surface area contributed by atoms with E-state index in [1.165, 1.54) is 34.3 Å². The second kappa shape index (κ2) is 14.2. The van der Waals surface area contributed by atoms with E-state index in [0.29, 0.717) is 18.7 Å². The number of imidazole rings is 1. The molecule has 1 aliphatic rings. The first-order valence-electron chi connectivity index (χ1n) is 14.2. The largest absolute Gasteiger partial charge is 0.449 e. The van der Waals surface area contributed by atoms with Gasteiger partial charge in [0.25, 0.3) is 5.56 Å². The molecule has 0 amide bonds. The second-order valence-corrected chi connectivity index (χ2v) is 20.8. The maximum absolute atomic E-state index is 12.7. The summed E-state index contributed by atoms with van der Waals surface area (Å²) < 4.78 is 58.2. The molecule has 2 aromatic heterocycles. The third kappa shape index (κ3) is 9.79. The predicted molar refractivity (Wildman–Crippen MR) is 171 cm³/mol. The molecule has 0 saturated carbocycles. The number of hydrogen-bond acceptors (Lipinski definition) is 10. The molecule has 1 aliphatic heterocycles. The van der Waals surface area contributed by atoms with Crippen LogP contribution in [-0.4, -0.2) is 94.6 Å². The van der Waals surface area contributed by atoms with Gasteiger partial charge in [0.05, 0.1) is 25.4 Å². The van der Waals surface area contributed by atoms with Crippen molar-refractivity contribution < 1.29 is 31.9 Å². The molecule has 1 saturated heterocycles. The third-order valence-corrected chi connectivity index (χ3v) is 15.1. The summed E-state index contributed by atoms with van der Waals surface area (Å²) >= 11 is 0. The number of ether oxygens (including phenoxy) is 2. The molecule has 0 radical (unpaired) electrons. The molecule has 0 spiro atoms. The fraction of sp³-hybridized carbons (Fsp3) is 0.741. The number of H-pyrrole nitrogens is 1. The number of hydrogen-bond donors (Lipinski definition) is 1. The summed E-state index contributed by atoms with van der Waals surface area (Å²) in [6.07, 6.45) is -3.17. The molecule has 0 aliphatic carbocycles. The fourth-order valence-corrected chi connectivity index (χ4v) is 7.27. The SMILES string of the molecule is CN(C)C=Nc1nc2c(ncn2[C@H]2CC(OCSSC(C)(C)CCC(=O)C(F)(F)F)[C@@H](CO[Si](C)(C)C(C)(C)C)O2)c(=O)[nH]1. The Bertz CT molecular complexity index is 1380. The molecule has 0 bridgehead atoms. The zero-order chi connectivity index (χ0) is 33.1. The lowest BCUT2D eigenvalue weighted by atomic mass is 10.0. The van der Waals surface area contributed by atoms with Crippen molar-refractivity contribution in [1.82, 2.24) is 24.4 Å². The van der Waals surface area contributed by atoms with Crippen LogP contribution < -0.4 is 5.56 Å². The molecule has 1 fully saturated rings. The lowest BCUT2D eigenvalue weighted by molar-refractivity contribution is -0.171. The lowest BCUT2D eigenvalue weighted by Crippen LogP contribution is -2.44. The summed E-state index contributed by atoms with van der Waals surface area (Å²) in [7, 11) is 4.23. The van der Waals surface area contributed by atoms with E-state index in [1.807, 2.05) is 0 Å². The van der Waals surface area contributed by atoms with Crippen LogP contribution in [0.1, 0.15) is 60.1 Å². The lowest BCUT2D eigenvalue weighted by Gasteiger charge is -2.37. The van der Waals surface area contributed by atoms with Crippen LogP contribution in [0.4, 0.5) is 19.1 Å². The van der Waals surface area contributed by atoms with Crippen LogP contribution in [0, 0.1) is 0 Å². The zero-order valence-electron chi connectivity index (χ0n) is 26.6. The number of ketones is 1. The van der Waals surface area contributed by atoms with Gasteiger partial charge in [0.1, 0.15) is 18.3 Å². The second-order valence-electron chi connectivity index (χ2n) is 13.1. The van der Waals surface area contributed by atoms with Crippen LogP contribution in [0.3, 0.4) is 0 Å². The quantitative estimate of drug-likeness (QED) is 0.0629. The Labute approximate surface area is 264 Å². The number of halogens is 3. The molecule has 2 aromatic rings. The van der Waals surface area contributed by atoms with Crippen molar-refractivity contribution in [2.45, 2.75) is 101 Å². The van der Waals surface area contributed by atoms with E-state index < -0.39 is 49.3 Å². The van der Waals surface area contributed by atoms with Crippen molar-refractivity contribution in [2.75, 3.05) is 26.6 Å². The molecule has 0 aromatic carbocycles. The van der Waals surface area contributed by atoms with Gasteiger partial charge in [0.2, 0.25) is 11.7 Å². The Morgan fingerprint density at radius 3 is 2.57 bits per heavy atom. The Hall–Kier alpha value is -1.92. The van der Waals surface area contributed by atoms with E-state index in [1.54, 1.807) is 37.4 Å². The number of aliphatic imine (C=N–C) groups is 1. The Kier molecular flexibility index (Phi) is 11.8. The smallest absolute Gasteiger partial charge is 0.414 e. The number of carbonyl (C=O) groups excluding carboxylic acids is 1. The molecular formula is C27H43F3N6O5S2Si. The topological polar surface area (TPSA) is 124 Å². The van der Waals surface area contributed by atoms with Crippen LogP contribution >= 0.6 is 21.6 Å². The van der Waals surface area contributed by atoms with Crippen LogP contribution in [0.2, 0.25) is 18.1 Å². The van der Waals surface area contributed by atoms with Crippen LogP contribution in [0.5, 0.6) is 0 Å². The minimum Gasteiger partial charge on any atom is -0.414 e. The monoisotopic (exact) mass is 680 g/mol. The summed E-state index contributed by atoms with van der Waals surface area (Å²) in [6, 6.07) is 0. The molecule has 1 N–H and O–H groups in total. The van der Waals surface area contributed by atoms with Gasteiger partial charge in [-0.1, -0.05) is 42.4 Å². The third-order valence-electron chi connectivity index (χ3n) is 7.62. The highest BCUT2D eigenvalue weighted by molar-refractivity contribution is 8.77. The minimum atomic E-state index is -4.82. The van der Waals surface area contributed by atoms with E-state index in [0.717, 1.165) is 0 Å². The average molecular weight is 681 g/mol. The van der Waals surface area contributed by atoms with Gasteiger partial charge in [-0.3, -0.25) is 19.1 Å². The van der Waals surface area contributed by atoms with Crippen LogP contribution in [0.25, 0.3) is 11.2 Å². The van der Waals surface area contributed by atoms with Gasteiger partial charge in [-0.25, -0.2) is 9.98 Å². The average Bonchev–Trinajstić information content (AvgIpc) is 3.50. The summed E-state index contributed by atoms with van der Waals surface area (Å²) in [5.74, 6) is -1.34. The van der Waals surface area contributed by atoms with Gasteiger partial charge in [0, 0.05) is 31.7 Å². The van der Waals surface area contributed by atoms with E-state index in [4.69, 9.17) is 13.9 Å². The molecular weight excluding hydrogens is 638 g/mol. The number of Topliss-reactive ketones (excluding diaryl/α,β-unsaturated/α-hetero) is 1. The molecule has 3 heterocycles.